The molecule has 154 valence electrons. The van der Waals surface area contributed by atoms with Crippen LogP contribution in [0.2, 0.25) is 18.1 Å². The third-order valence-corrected chi connectivity index (χ3v) is 9.97. The van der Waals surface area contributed by atoms with Crippen LogP contribution in [0.15, 0.2) is 16.6 Å². The molecule has 27 heavy (non-hydrogen) atoms. The van der Waals surface area contributed by atoms with E-state index in [0.29, 0.717) is 13.2 Å². The summed E-state index contributed by atoms with van der Waals surface area (Å²) in [5.41, 5.74) is 2.32. The van der Waals surface area contributed by atoms with E-state index in [1.54, 1.807) is 0 Å². The number of hydrogen-bond acceptors (Lipinski definition) is 4. The first kappa shape index (κ1) is 22.9. The fourth-order valence-electron chi connectivity index (χ4n) is 2.96. The van der Waals surface area contributed by atoms with Crippen LogP contribution in [0.3, 0.4) is 0 Å². The first-order valence-corrected chi connectivity index (χ1v) is 13.4. The molecule has 6 heteroatoms. The highest BCUT2D eigenvalue weighted by atomic mass is 79.9. The van der Waals surface area contributed by atoms with Crippen molar-refractivity contribution in [3.63, 3.8) is 0 Å². The van der Waals surface area contributed by atoms with E-state index >= 15 is 0 Å². The largest absolute Gasteiger partial charge is 0.491 e. The SMILES string of the molecule is Cc1cc(OC[C@@H]2OC(C)(C)O[C@H]2COCC(C)(C)[SiH](C)C)cc(C)c1Br. The van der Waals surface area contributed by atoms with E-state index < -0.39 is 14.6 Å². The van der Waals surface area contributed by atoms with E-state index in [9.17, 15) is 0 Å². The Labute approximate surface area is 174 Å². The third kappa shape index (κ3) is 6.29. The summed E-state index contributed by atoms with van der Waals surface area (Å²) in [6.07, 6.45) is -0.272. The number of aryl methyl sites for hydroxylation is 2. The van der Waals surface area contributed by atoms with E-state index in [4.69, 9.17) is 18.9 Å². The van der Waals surface area contributed by atoms with Crippen LogP contribution in [0.25, 0.3) is 0 Å². The maximum Gasteiger partial charge on any atom is 0.164 e. The summed E-state index contributed by atoms with van der Waals surface area (Å²) in [5, 5.41) is 0.271. The van der Waals surface area contributed by atoms with Gasteiger partial charge in [0.2, 0.25) is 0 Å². The van der Waals surface area contributed by atoms with Gasteiger partial charge in [-0.3, -0.25) is 0 Å². The van der Waals surface area contributed by atoms with Crippen LogP contribution in [-0.2, 0) is 14.2 Å². The Hall–Kier alpha value is -0.403. The van der Waals surface area contributed by atoms with Gasteiger partial charge in [0.1, 0.15) is 24.6 Å². The molecule has 1 saturated heterocycles. The lowest BCUT2D eigenvalue weighted by Crippen LogP contribution is -2.34. The predicted molar refractivity (Wildman–Crippen MR) is 117 cm³/mol. The molecule has 1 aromatic carbocycles. The maximum atomic E-state index is 6.07. The zero-order chi connectivity index (χ0) is 20.4. The number of halogens is 1. The van der Waals surface area contributed by atoms with Crippen molar-refractivity contribution in [2.24, 2.45) is 0 Å². The second kappa shape index (κ2) is 8.95. The molecule has 0 amide bonds. The quantitative estimate of drug-likeness (QED) is 0.498. The van der Waals surface area contributed by atoms with E-state index in [2.05, 4.69) is 56.7 Å². The highest BCUT2D eigenvalue weighted by Crippen LogP contribution is 2.32. The molecule has 1 aromatic rings. The lowest BCUT2D eigenvalue weighted by Gasteiger charge is -2.29. The van der Waals surface area contributed by atoms with Crippen LogP contribution in [0, 0.1) is 13.8 Å². The molecule has 2 atom stereocenters. The second-order valence-corrected chi connectivity index (χ2v) is 13.7. The van der Waals surface area contributed by atoms with E-state index in [-0.39, 0.29) is 17.2 Å². The first-order valence-electron chi connectivity index (χ1n) is 9.74. The fourth-order valence-corrected chi connectivity index (χ4v) is 3.64. The van der Waals surface area contributed by atoms with Crippen molar-refractivity contribution in [2.45, 2.75) is 77.7 Å². The Morgan fingerprint density at radius 3 is 2.11 bits per heavy atom. The Balaban J connectivity index is 1.95. The van der Waals surface area contributed by atoms with Gasteiger partial charge < -0.3 is 18.9 Å². The number of benzene rings is 1. The van der Waals surface area contributed by atoms with Gasteiger partial charge in [0.15, 0.2) is 5.79 Å². The van der Waals surface area contributed by atoms with Gasteiger partial charge in [0.05, 0.1) is 6.61 Å². The zero-order valence-corrected chi connectivity index (χ0v) is 20.8. The standard InChI is InChI=1S/C21H35BrO4Si/c1-14-9-16(10-15(2)19(14)22)24-12-18-17(25-21(5,6)26-18)11-23-13-20(3,4)27(7)8/h9-10,17-18,27H,11-13H2,1-8H3/t17-,18-/m0/s1. The van der Waals surface area contributed by atoms with Crippen molar-refractivity contribution in [3.8, 4) is 5.75 Å². The molecule has 1 aliphatic rings. The Morgan fingerprint density at radius 2 is 1.59 bits per heavy atom. The molecule has 0 radical (unpaired) electrons. The summed E-state index contributed by atoms with van der Waals surface area (Å²) < 4.78 is 25.3. The molecule has 0 saturated carbocycles. The molecule has 0 unspecified atom stereocenters. The van der Waals surface area contributed by atoms with Gasteiger partial charge in [-0.1, -0.05) is 42.9 Å². The molecule has 4 nitrogen and oxygen atoms in total. The topological polar surface area (TPSA) is 36.9 Å². The lowest BCUT2D eigenvalue weighted by molar-refractivity contribution is -0.152. The summed E-state index contributed by atoms with van der Waals surface area (Å²) in [5.74, 6) is 0.240. The maximum absolute atomic E-state index is 6.07. The molecule has 0 aliphatic carbocycles. The van der Waals surface area contributed by atoms with Gasteiger partial charge in [0, 0.05) is 19.9 Å². The van der Waals surface area contributed by atoms with Gasteiger partial charge in [0.25, 0.3) is 0 Å². The molecular weight excluding hydrogens is 424 g/mol. The average Bonchev–Trinajstić information content (AvgIpc) is 2.84. The minimum atomic E-state index is -0.781. The van der Waals surface area contributed by atoms with Crippen molar-refractivity contribution < 1.29 is 18.9 Å². The van der Waals surface area contributed by atoms with Crippen LogP contribution in [-0.4, -0.2) is 46.6 Å². The summed E-state index contributed by atoms with van der Waals surface area (Å²) in [7, 11) is -0.781. The summed E-state index contributed by atoms with van der Waals surface area (Å²) in [6.45, 7) is 19.1. The van der Waals surface area contributed by atoms with Crippen LogP contribution in [0.5, 0.6) is 5.75 Å². The van der Waals surface area contributed by atoms with E-state index in [0.717, 1.165) is 28.0 Å². The van der Waals surface area contributed by atoms with Crippen molar-refractivity contribution >= 4 is 24.7 Å². The Bertz CT molecular complexity index is 622. The normalized spacial score (nSPS) is 22.4. The van der Waals surface area contributed by atoms with Gasteiger partial charge >= 0.3 is 0 Å². The van der Waals surface area contributed by atoms with Crippen LogP contribution < -0.4 is 4.74 Å². The van der Waals surface area contributed by atoms with Gasteiger partial charge in [-0.25, -0.2) is 0 Å². The minimum absolute atomic E-state index is 0.123. The molecular formula is C21H35BrO4Si. The van der Waals surface area contributed by atoms with Crippen LogP contribution in [0.1, 0.15) is 38.8 Å². The minimum Gasteiger partial charge on any atom is -0.491 e. The molecule has 1 fully saturated rings. The van der Waals surface area contributed by atoms with Crippen molar-refractivity contribution in [2.75, 3.05) is 19.8 Å². The molecule has 1 aliphatic heterocycles. The first-order chi connectivity index (χ1) is 12.4. The Kier molecular flexibility index (Phi) is 7.58. The summed E-state index contributed by atoms with van der Waals surface area (Å²) in [4.78, 5) is 0. The summed E-state index contributed by atoms with van der Waals surface area (Å²) >= 11 is 3.60. The highest BCUT2D eigenvalue weighted by Gasteiger charge is 2.42. The molecule has 0 aromatic heterocycles. The van der Waals surface area contributed by atoms with Crippen molar-refractivity contribution in [1.29, 1.82) is 0 Å². The lowest BCUT2D eigenvalue weighted by atomic mass is 10.1. The van der Waals surface area contributed by atoms with Crippen LogP contribution in [0.4, 0.5) is 0 Å². The zero-order valence-electron chi connectivity index (χ0n) is 18.0. The monoisotopic (exact) mass is 458 g/mol. The number of hydrogen-bond donors (Lipinski definition) is 0. The molecule has 0 N–H and O–H groups in total. The smallest absolute Gasteiger partial charge is 0.164 e. The van der Waals surface area contributed by atoms with Gasteiger partial charge in [-0.2, -0.15) is 0 Å². The molecule has 2 rings (SSSR count). The van der Waals surface area contributed by atoms with Gasteiger partial charge in [-0.15, -0.1) is 0 Å². The molecule has 1 heterocycles. The van der Waals surface area contributed by atoms with E-state index in [1.165, 1.54) is 0 Å². The Morgan fingerprint density at radius 1 is 1.07 bits per heavy atom. The van der Waals surface area contributed by atoms with Crippen molar-refractivity contribution in [1.82, 2.24) is 0 Å². The predicted octanol–water partition coefficient (Wildman–Crippen LogP) is 5.25. The summed E-state index contributed by atoms with van der Waals surface area (Å²) in [6, 6.07) is 4.08. The number of rotatable bonds is 8. The molecule has 0 spiro atoms. The van der Waals surface area contributed by atoms with E-state index in [1.807, 2.05) is 26.0 Å². The van der Waals surface area contributed by atoms with Crippen LogP contribution >= 0.6 is 15.9 Å². The van der Waals surface area contributed by atoms with Crippen molar-refractivity contribution in [3.05, 3.63) is 27.7 Å². The third-order valence-electron chi connectivity index (χ3n) is 5.43. The average molecular weight is 459 g/mol. The second-order valence-electron chi connectivity index (χ2n) is 9.05. The highest BCUT2D eigenvalue weighted by molar-refractivity contribution is 9.10. The molecule has 0 bridgehead atoms. The van der Waals surface area contributed by atoms with Gasteiger partial charge in [-0.05, 0) is 56.0 Å². The fraction of sp³-hybridized carbons (Fsp3) is 0.714. The number of ether oxygens (including phenoxy) is 4.